The Bertz CT molecular complexity index is 292. The molecule has 0 bridgehead atoms. The molecule has 0 aliphatic rings. The Hall–Kier alpha value is -0.900. The highest BCUT2D eigenvalue weighted by Crippen LogP contribution is 2.12. The number of rotatable bonds is 9. The number of nitrogens with two attached hydrogens (primary N) is 1. The predicted octanol–water partition coefficient (Wildman–Crippen LogP) is 2.26. The maximum absolute atomic E-state index is 12.0. The molecule has 1 amide bonds. The fraction of sp³-hybridized carbons (Fsp3) is 0.867. The van der Waals surface area contributed by atoms with Crippen molar-refractivity contribution in [1.82, 2.24) is 5.32 Å². The van der Waals surface area contributed by atoms with Gasteiger partial charge in [0.1, 0.15) is 0 Å². The van der Waals surface area contributed by atoms with Crippen LogP contribution in [0.15, 0.2) is 0 Å². The van der Waals surface area contributed by atoms with Crippen molar-refractivity contribution in [2.75, 3.05) is 0 Å². The van der Waals surface area contributed by atoms with Crippen molar-refractivity contribution in [2.45, 2.75) is 72.4 Å². The first kappa shape index (κ1) is 18.1. The number of hydrogen-bond donors (Lipinski definition) is 2. The lowest BCUT2D eigenvalue weighted by atomic mass is 9.95. The minimum absolute atomic E-state index is 0.00406. The lowest BCUT2D eigenvalue weighted by molar-refractivity contribution is -0.128. The predicted molar refractivity (Wildman–Crippen MR) is 78.7 cm³/mol. The maximum Gasteiger partial charge on any atom is 0.237 e. The smallest absolute Gasteiger partial charge is 0.237 e. The molecule has 0 saturated carbocycles. The molecule has 0 rings (SSSR count). The van der Waals surface area contributed by atoms with Gasteiger partial charge in [-0.1, -0.05) is 40.5 Å². The van der Waals surface area contributed by atoms with Crippen LogP contribution >= 0.6 is 0 Å². The molecule has 0 radical (unpaired) electrons. The standard InChI is InChI=1S/C15H30N2O2/c1-6-10(3)8-13(16)15(19)17-14(12(5)18)9-11(4)7-2/h10-11,13-14H,6-9,16H2,1-5H3,(H,17,19)/t10?,11?,13-,14+/m1/s1. The van der Waals surface area contributed by atoms with Gasteiger partial charge in [-0.3, -0.25) is 9.59 Å². The van der Waals surface area contributed by atoms with Crippen LogP contribution in [0.1, 0.15) is 60.3 Å². The summed E-state index contributed by atoms with van der Waals surface area (Å²) >= 11 is 0. The van der Waals surface area contributed by atoms with Crippen molar-refractivity contribution < 1.29 is 9.59 Å². The van der Waals surface area contributed by atoms with E-state index < -0.39 is 12.1 Å². The number of amides is 1. The first-order valence-electron chi connectivity index (χ1n) is 7.38. The van der Waals surface area contributed by atoms with Gasteiger partial charge in [0.2, 0.25) is 5.91 Å². The lowest BCUT2D eigenvalue weighted by Crippen LogP contribution is -2.48. The summed E-state index contributed by atoms with van der Waals surface area (Å²) in [5, 5.41) is 2.80. The van der Waals surface area contributed by atoms with Gasteiger partial charge in [0.05, 0.1) is 12.1 Å². The molecule has 3 N–H and O–H groups in total. The Labute approximate surface area is 117 Å². The molecule has 112 valence electrons. The van der Waals surface area contributed by atoms with Crippen LogP contribution in [0.3, 0.4) is 0 Å². The van der Waals surface area contributed by atoms with Crippen molar-refractivity contribution in [3.63, 3.8) is 0 Å². The van der Waals surface area contributed by atoms with Crippen molar-refractivity contribution in [2.24, 2.45) is 17.6 Å². The number of ketones is 1. The van der Waals surface area contributed by atoms with Crippen molar-refractivity contribution >= 4 is 11.7 Å². The number of hydrogen-bond acceptors (Lipinski definition) is 3. The van der Waals surface area contributed by atoms with E-state index in [9.17, 15) is 9.59 Å². The fourth-order valence-corrected chi connectivity index (χ4v) is 1.88. The van der Waals surface area contributed by atoms with E-state index in [-0.39, 0.29) is 11.7 Å². The van der Waals surface area contributed by atoms with E-state index in [1.807, 2.05) is 0 Å². The largest absolute Gasteiger partial charge is 0.345 e. The normalized spacial score (nSPS) is 17.4. The molecule has 0 saturated heterocycles. The third-order valence-electron chi connectivity index (χ3n) is 3.83. The third kappa shape index (κ3) is 7.31. The van der Waals surface area contributed by atoms with E-state index >= 15 is 0 Å². The first-order chi connectivity index (χ1) is 8.81. The van der Waals surface area contributed by atoms with Crippen LogP contribution in [0.4, 0.5) is 0 Å². The SMILES string of the molecule is CCC(C)C[C@@H](N)C(=O)N[C@@H](CC(C)CC)C(C)=O. The van der Waals surface area contributed by atoms with E-state index in [2.05, 4.69) is 33.0 Å². The second-order valence-electron chi connectivity index (χ2n) is 5.78. The van der Waals surface area contributed by atoms with Crippen LogP contribution in [0, 0.1) is 11.8 Å². The quantitative estimate of drug-likeness (QED) is 0.675. The summed E-state index contributed by atoms with van der Waals surface area (Å²) < 4.78 is 0. The Balaban J connectivity index is 4.42. The fourth-order valence-electron chi connectivity index (χ4n) is 1.88. The third-order valence-corrected chi connectivity index (χ3v) is 3.83. The van der Waals surface area contributed by atoms with Crippen LogP contribution in [0.2, 0.25) is 0 Å². The van der Waals surface area contributed by atoms with Crippen LogP contribution in [-0.4, -0.2) is 23.8 Å². The monoisotopic (exact) mass is 270 g/mol. The molecule has 0 aliphatic carbocycles. The average Bonchev–Trinajstić information content (AvgIpc) is 2.36. The van der Waals surface area contributed by atoms with Gasteiger partial charge in [-0.05, 0) is 31.6 Å². The summed E-state index contributed by atoms with van der Waals surface area (Å²) in [4.78, 5) is 23.6. The Morgan fingerprint density at radius 2 is 1.53 bits per heavy atom. The molecule has 0 aromatic carbocycles. The topological polar surface area (TPSA) is 72.2 Å². The van der Waals surface area contributed by atoms with E-state index in [4.69, 9.17) is 5.73 Å². The number of Topliss-reactive ketones (excluding diaryl/α,β-unsaturated/α-hetero) is 1. The zero-order valence-corrected chi connectivity index (χ0v) is 13.0. The van der Waals surface area contributed by atoms with Crippen LogP contribution in [-0.2, 0) is 9.59 Å². The highest BCUT2D eigenvalue weighted by Gasteiger charge is 2.23. The van der Waals surface area contributed by atoms with Crippen LogP contribution in [0.5, 0.6) is 0 Å². The molecule has 0 fully saturated rings. The van der Waals surface area contributed by atoms with Crippen LogP contribution < -0.4 is 11.1 Å². The van der Waals surface area contributed by atoms with E-state index in [1.54, 1.807) is 0 Å². The number of nitrogens with one attached hydrogen (secondary N) is 1. The molecular formula is C15H30N2O2. The summed E-state index contributed by atoms with van der Waals surface area (Å²) in [7, 11) is 0. The molecule has 19 heavy (non-hydrogen) atoms. The van der Waals surface area contributed by atoms with Gasteiger partial charge in [-0.2, -0.15) is 0 Å². The first-order valence-corrected chi connectivity index (χ1v) is 7.38. The second-order valence-corrected chi connectivity index (χ2v) is 5.78. The lowest BCUT2D eigenvalue weighted by Gasteiger charge is -2.22. The van der Waals surface area contributed by atoms with E-state index in [0.29, 0.717) is 24.7 Å². The molecule has 0 aromatic heterocycles. The van der Waals surface area contributed by atoms with E-state index in [0.717, 1.165) is 12.8 Å². The van der Waals surface area contributed by atoms with Gasteiger partial charge in [-0.15, -0.1) is 0 Å². The minimum Gasteiger partial charge on any atom is -0.345 e. The highest BCUT2D eigenvalue weighted by atomic mass is 16.2. The summed E-state index contributed by atoms with van der Waals surface area (Å²) in [6.07, 6.45) is 3.35. The van der Waals surface area contributed by atoms with Gasteiger partial charge in [0, 0.05) is 0 Å². The molecule has 0 aromatic rings. The molecule has 0 aliphatic heterocycles. The Morgan fingerprint density at radius 3 is 1.95 bits per heavy atom. The maximum atomic E-state index is 12.0. The molecular weight excluding hydrogens is 240 g/mol. The molecule has 4 atom stereocenters. The van der Waals surface area contributed by atoms with Gasteiger partial charge in [0.25, 0.3) is 0 Å². The summed E-state index contributed by atoms with van der Waals surface area (Å²) in [5.41, 5.74) is 5.88. The minimum atomic E-state index is -0.520. The van der Waals surface area contributed by atoms with Crippen LogP contribution in [0.25, 0.3) is 0 Å². The Morgan fingerprint density at radius 1 is 1.05 bits per heavy atom. The van der Waals surface area contributed by atoms with Gasteiger partial charge >= 0.3 is 0 Å². The number of carbonyl (C=O) groups is 2. The Kier molecular flexibility index (Phi) is 8.65. The highest BCUT2D eigenvalue weighted by molar-refractivity contribution is 5.89. The summed E-state index contributed by atoms with van der Waals surface area (Å²) in [5.74, 6) is 0.638. The second kappa shape index (κ2) is 9.08. The van der Waals surface area contributed by atoms with Gasteiger partial charge in [0.15, 0.2) is 5.78 Å². The molecule has 4 nitrogen and oxygen atoms in total. The van der Waals surface area contributed by atoms with Crippen molar-refractivity contribution in [1.29, 1.82) is 0 Å². The van der Waals surface area contributed by atoms with Gasteiger partial charge < -0.3 is 11.1 Å². The molecule has 2 unspecified atom stereocenters. The summed E-state index contributed by atoms with van der Waals surface area (Å²) in [6, 6.07) is -0.917. The average molecular weight is 270 g/mol. The summed E-state index contributed by atoms with van der Waals surface area (Å²) in [6.45, 7) is 9.85. The van der Waals surface area contributed by atoms with Crippen molar-refractivity contribution in [3.05, 3.63) is 0 Å². The van der Waals surface area contributed by atoms with E-state index in [1.165, 1.54) is 6.92 Å². The molecule has 0 heterocycles. The van der Waals surface area contributed by atoms with Crippen molar-refractivity contribution in [3.8, 4) is 0 Å². The molecule has 4 heteroatoms. The zero-order valence-electron chi connectivity index (χ0n) is 13.0. The van der Waals surface area contributed by atoms with Gasteiger partial charge in [-0.25, -0.2) is 0 Å². The molecule has 0 spiro atoms. The zero-order chi connectivity index (χ0) is 15.0. The number of carbonyl (C=O) groups excluding carboxylic acids is 2.